The Balaban J connectivity index is 1.62. The van der Waals surface area contributed by atoms with Crippen LogP contribution >= 0.6 is 11.3 Å². The zero-order valence-electron chi connectivity index (χ0n) is 12.2. The van der Waals surface area contributed by atoms with Gasteiger partial charge in [-0.2, -0.15) is 0 Å². The SMILES string of the molecule is O=C(NCc1ccccc1)c1cnc(N2CCCC2CO)s1. The largest absolute Gasteiger partial charge is 0.394 e. The molecule has 1 aromatic carbocycles. The van der Waals surface area contributed by atoms with Crippen LogP contribution in [0, 0.1) is 0 Å². The quantitative estimate of drug-likeness (QED) is 0.885. The van der Waals surface area contributed by atoms with Crippen LogP contribution in [-0.2, 0) is 6.54 Å². The summed E-state index contributed by atoms with van der Waals surface area (Å²) in [6.07, 6.45) is 3.65. The van der Waals surface area contributed by atoms with Gasteiger partial charge in [-0.3, -0.25) is 4.79 Å². The summed E-state index contributed by atoms with van der Waals surface area (Å²) in [4.78, 5) is 19.2. The highest BCUT2D eigenvalue weighted by Crippen LogP contribution is 2.29. The number of aliphatic hydroxyl groups is 1. The van der Waals surface area contributed by atoms with Gasteiger partial charge in [0.15, 0.2) is 5.13 Å². The average Bonchev–Trinajstić information content (AvgIpc) is 3.21. The molecule has 0 radical (unpaired) electrons. The van der Waals surface area contributed by atoms with Crippen molar-refractivity contribution in [3.05, 3.63) is 47.0 Å². The molecular weight excluding hydrogens is 298 g/mol. The van der Waals surface area contributed by atoms with Gasteiger partial charge in [-0.15, -0.1) is 0 Å². The Morgan fingerprint density at radius 2 is 2.23 bits per heavy atom. The van der Waals surface area contributed by atoms with Crippen molar-refractivity contribution in [2.24, 2.45) is 0 Å². The van der Waals surface area contributed by atoms with Gasteiger partial charge in [0.25, 0.3) is 5.91 Å². The van der Waals surface area contributed by atoms with Crippen molar-refractivity contribution < 1.29 is 9.90 Å². The monoisotopic (exact) mass is 317 g/mol. The summed E-state index contributed by atoms with van der Waals surface area (Å²) in [5.74, 6) is -0.104. The van der Waals surface area contributed by atoms with Gasteiger partial charge in [-0.1, -0.05) is 41.7 Å². The molecule has 2 heterocycles. The van der Waals surface area contributed by atoms with E-state index < -0.39 is 0 Å². The number of aliphatic hydroxyl groups excluding tert-OH is 1. The Morgan fingerprint density at radius 1 is 1.41 bits per heavy atom. The molecule has 0 bridgehead atoms. The second-order valence-corrected chi connectivity index (χ2v) is 6.36. The van der Waals surface area contributed by atoms with Crippen molar-refractivity contribution in [2.75, 3.05) is 18.1 Å². The highest BCUT2D eigenvalue weighted by molar-refractivity contribution is 7.17. The van der Waals surface area contributed by atoms with Crippen LogP contribution in [0.15, 0.2) is 36.5 Å². The number of rotatable bonds is 5. The molecule has 0 spiro atoms. The molecule has 1 aliphatic heterocycles. The molecule has 22 heavy (non-hydrogen) atoms. The molecule has 2 aromatic rings. The molecule has 6 heteroatoms. The number of hydrogen-bond donors (Lipinski definition) is 2. The van der Waals surface area contributed by atoms with Gasteiger partial charge < -0.3 is 15.3 Å². The third kappa shape index (κ3) is 3.28. The number of nitrogens with zero attached hydrogens (tertiary/aromatic N) is 2. The second-order valence-electron chi connectivity index (χ2n) is 5.35. The first-order valence-electron chi connectivity index (χ1n) is 7.43. The molecule has 0 aliphatic carbocycles. The zero-order chi connectivity index (χ0) is 15.4. The molecule has 1 saturated heterocycles. The maximum Gasteiger partial charge on any atom is 0.263 e. The van der Waals surface area contributed by atoms with Crippen LogP contribution in [0.4, 0.5) is 5.13 Å². The van der Waals surface area contributed by atoms with E-state index in [1.165, 1.54) is 11.3 Å². The molecular formula is C16H19N3O2S. The first-order chi connectivity index (χ1) is 10.8. The van der Waals surface area contributed by atoms with Crippen LogP contribution in [0.1, 0.15) is 28.1 Å². The number of aromatic nitrogens is 1. The predicted molar refractivity (Wildman–Crippen MR) is 87.2 cm³/mol. The summed E-state index contributed by atoms with van der Waals surface area (Å²) in [5, 5.41) is 13.1. The fraction of sp³-hybridized carbons (Fsp3) is 0.375. The molecule has 3 rings (SSSR count). The molecule has 2 N–H and O–H groups in total. The maximum atomic E-state index is 12.2. The molecule has 1 fully saturated rings. The molecule has 1 amide bonds. The smallest absolute Gasteiger partial charge is 0.263 e. The maximum absolute atomic E-state index is 12.2. The average molecular weight is 317 g/mol. The summed E-state index contributed by atoms with van der Waals surface area (Å²) >= 11 is 1.38. The van der Waals surface area contributed by atoms with Crippen LogP contribution in [0.2, 0.25) is 0 Å². The number of benzene rings is 1. The molecule has 0 saturated carbocycles. The van der Waals surface area contributed by atoms with E-state index in [1.807, 2.05) is 30.3 Å². The number of amides is 1. The lowest BCUT2D eigenvalue weighted by atomic mass is 10.2. The van der Waals surface area contributed by atoms with Crippen molar-refractivity contribution in [1.29, 1.82) is 0 Å². The number of nitrogens with one attached hydrogen (secondary N) is 1. The first kappa shape index (κ1) is 15.0. The van der Waals surface area contributed by atoms with Crippen molar-refractivity contribution >= 4 is 22.4 Å². The Hall–Kier alpha value is -1.92. The minimum absolute atomic E-state index is 0.104. The third-order valence-corrected chi connectivity index (χ3v) is 4.88. The zero-order valence-corrected chi connectivity index (χ0v) is 13.1. The van der Waals surface area contributed by atoms with Crippen LogP contribution in [0.25, 0.3) is 0 Å². The molecule has 5 nitrogen and oxygen atoms in total. The van der Waals surface area contributed by atoms with E-state index in [9.17, 15) is 9.90 Å². The fourth-order valence-electron chi connectivity index (χ4n) is 2.65. The minimum atomic E-state index is -0.104. The Kier molecular flexibility index (Phi) is 4.70. The van der Waals surface area contributed by atoms with Crippen LogP contribution in [0.5, 0.6) is 0 Å². The van der Waals surface area contributed by atoms with Crippen molar-refractivity contribution in [1.82, 2.24) is 10.3 Å². The summed E-state index contributed by atoms with van der Waals surface area (Å²) in [7, 11) is 0. The minimum Gasteiger partial charge on any atom is -0.394 e. The molecule has 1 atom stereocenters. The summed E-state index contributed by atoms with van der Waals surface area (Å²) in [6, 6.07) is 9.95. The number of hydrogen-bond acceptors (Lipinski definition) is 5. The highest BCUT2D eigenvalue weighted by atomic mass is 32.1. The van der Waals surface area contributed by atoms with Gasteiger partial charge in [-0.05, 0) is 18.4 Å². The molecule has 1 aliphatic rings. The topological polar surface area (TPSA) is 65.5 Å². The van der Waals surface area contributed by atoms with Crippen molar-refractivity contribution in [3.63, 3.8) is 0 Å². The van der Waals surface area contributed by atoms with Gasteiger partial charge >= 0.3 is 0 Å². The van der Waals surface area contributed by atoms with Crippen LogP contribution in [-0.4, -0.2) is 35.2 Å². The lowest BCUT2D eigenvalue weighted by Crippen LogP contribution is -2.31. The van der Waals surface area contributed by atoms with E-state index in [0.717, 1.165) is 30.1 Å². The number of thiazole rings is 1. The van der Waals surface area contributed by atoms with Gasteiger partial charge in [0.1, 0.15) is 4.88 Å². The van der Waals surface area contributed by atoms with Crippen molar-refractivity contribution in [3.8, 4) is 0 Å². The summed E-state index contributed by atoms with van der Waals surface area (Å²) in [5.41, 5.74) is 1.07. The van der Waals surface area contributed by atoms with E-state index in [-0.39, 0.29) is 18.6 Å². The van der Waals surface area contributed by atoms with E-state index in [4.69, 9.17) is 0 Å². The van der Waals surface area contributed by atoms with E-state index in [1.54, 1.807) is 6.20 Å². The predicted octanol–water partition coefficient (Wildman–Crippen LogP) is 2.03. The van der Waals surface area contributed by atoms with Gasteiger partial charge in [0.05, 0.1) is 18.8 Å². The lowest BCUT2D eigenvalue weighted by molar-refractivity contribution is 0.0955. The number of carbonyl (C=O) groups is 1. The summed E-state index contributed by atoms with van der Waals surface area (Å²) < 4.78 is 0. The lowest BCUT2D eigenvalue weighted by Gasteiger charge is -2.21. The summed E-state index contributed by atoms with van der Waals surface area (Å²) in [6.45, 7) is 1.54. The second kappa shape index (κ2) is 6.89. The van der Waals surface area contributed by atoms with Gasteiger partial charge in [0, 0.05) is 13.1 Å². The normalized spacial score (nSPS) is 17.7. The van der Waals surface area contributed by atoms with Crippen LogP contribution < -0.4 is 10.2 Å². The molecule has 1 aromatic heterocycles. The van der Waals surface area contributed by atoms with Gasteiger partial charge in [-0.25, -0.2) is 4.98 Å². The molecule has 116 valence electrons. The Labute approximate surface area is 133 Å². The third-order valence-electron chi connectivity index (χ3n) is 3.85. The van der Waals surface area contributed by atoms with E-state index in [2.05, 4.69) is 15.2 Å². The van der Waals surface area contributed by atoms with Gasteiger partial charge in [0.2, 0.25) is 0 Å². The number of anilines is 1. The standard InChI is InChI=1S/C16H19N3O2S/c20-11-13-7-4-8-19(13)16-18-10-14(22-16)15(21)17-9-12-5-2-1-3-6-12/h1-3,5-6,10,13,20H,4,7-9,11H2,(H,17,21). The fourth-order valence-corrected chi connectivity index (χ4v) is 3.58. The first-order valence-corrected chi connectivity index (χ1v) is 8.25. The van der Waals surface area contributed by atoms with Crippen molar-refractivity contribution in [2.45, 2.75) is 25.4 Å². The number of carbonyl (C=O) groups excluding carboxylic acids is 1. The van der Waals surface area contributed by atoms with E-state index >= 15 is 0 Å². The highest BCUT2D eigenvalue weighted by Gasteiger charge is 2.26. The Bertz CT molecular complexity index is 629. The Morgan fingerprint density at radius 3 is 3.00 bits per heavy atom. The molecule has 1 unspecified atom stereocenters. The van der Waals surface area contributed by atoms with E-state index in [0.29, 0.717) is 11.4 Å². The van der Waals surface area contributed by atoms with Crippen LogP contribution in [0.3, 0.4) is 0 Å².